The molecule has 1 N–H and O–H groups in total. The predicted octanol–water partition coefficient (Wildman–Crippen LogP) is 5.38. The molecule has 0 saturated carbocycles. The quantitative estimate of drug-likeness (QED) is 0.575. The van der Waals surface area contributed by atoms with Crippen LogP contribution >= 0.6 is 11.6 Å². The molecule has 1 unspecified atom stereocenters. The molecule has 2 amide bonds. The maximum absolute atomic E-state index is 13.2. The minimum Gasteiger partial charge on any atom is -0.315 e. The van der Waals surface area contributed by atoms with E-state index < -0.39 is 0 Å². The molecule has 0 spiro atoms. The highest BCUT2D eigenvalue weighted by molar-refractivity contribution is 6.31. The summed E-state index contributed by atoms with van der Waals surface area (Å²) in [5.41, 5.74) is 2.17. The molecule has 1 heterocycles. The molecule has 0 radical (unpaired) electrons. The summed E-state index contributed by atoms with van der Waals surface area (Å²) in [6.45, 7) is 8.71. The molecule has 7 heteroatoms. The predicted molar refractivity (Wildman–Crippen MR) is 122 cm³/mol. The summed E-state index contributed by atoms with van der Waals surface area (Å²) >= 11 is 6.13. The highest BCUT2D eigenvalue weighted by Gasteiger charge is 2.27. The van der Waals surface area contributed by atoms with Crippen molar-refractivity contribution in [2.24, 2.45) is 0 Å². The topological polar surface area (TPSA) is 67.2 Å². The van der Waals surface area contributed by atoms with Crippen molar-refractivity contribution in [3.05, 3.63) is 69.2 Å². The lowest BCUT2D eigenvalue weighted by atomic mass is 10.1. The number of urea groups is 1. The highest BCUT2D eigenvalue weighted by Crippen LogP contribution is 2.26. The van der Waals surface area contributed by atoms with Gasteiger partial charge in [-0.25, -0.2) is 9.78 Å². The summed E-state index contributed by atoms with van der Waals surface area (Å²) < 4.78 is 1.65. The Kier molecular flexibility index (Phi) is 6.77. The van der Waals surface area contributed by atoms with Gasteiger partial charge in [0, 0.05) is 23.8 Å². The van der Waals surface area contributed by atoms with Gasteiger partial charge in [0.05, 0.1) is 16.9 Å². The Morgan fingerprint density at radius 1 is 1.20 bits per heavy atom. The lowest BCUT2D eigenvalue weighted by Gasteiger charge is -2.31. The first-order valence-corrected chi connectivity index (χ1v) is 10.6. The minimum atomic E-state index is -0.352. The van der Waals surface area contributed by atoms with Crippen molar-refractivity contribution in [3.8, 4) is 0 Å². The van der Waals surface area contributed by atoms with Crippen molar-refractivity contribution in [1.29, 1.82) is 0 Å². The first-order chi connectivity index (χ1) is 14.4. The molecule has 0 bridgehead atoms. The van der Waals surface area contributed by atoms with Gasteiger partial charge >= 0.3 is 6.03 Å². The maximum atomic E-state index is 13.2. The molecular weight excluding hydrogens is 400 g/mol. The van der Waals surface area contributed by atoms with E-state index >= 15 is 0 Å². The fourth-order valence-electron chi connectivity index (χ4n) is 3.72. The number of halogens is 1. The van der Waals surface area contributed by atoms with Crippen LogP contribution in [0.4, 0.5) is 10.5 Å². The smallest absolute Gasteiger partial charge is 0.315 e. The SMILES string of the molecule is CCC(c1nc2cc(Cl)ccc2c(=O)n1CC)N(CC)C(=O)Nc1ccccc1C. The standard InChI is InChI=1S/C23H27ClN4O2/c1-5-20(27(6-2)23(30)26-18-11-9-8-10-15(18)4)21-25-19-14-16(24)12-13-17(19)22(29)28(21)7-3/h8-14,20H,5-7H2,1-4H3,(H,26,30). The van der Waals surface area contributed by atoms with Gasteiger partial charge in [-0.15, -0.1) is 0 Å². The molecule has 0 aliphatic heterocycles. The maximum Gasteiger partial charge on any atom is 0.322 e. The van der Waals surface area contributed by atoms with E-state index in [1.165, 1.54) is 0 Å². The van der Waals surface area contributed by atoms with Crippen molar-refractivity contribution in [2.45, 2.75) is 46.7 Å². The van der Waals surface area contributed by atoms with Crippen LogP contribution in [0.2, 0.25) is 5.02 Å². The van der Waals surface area contributed by atoms with E-state index in [0.717, 1.165) is 11.3 Å². The number of fused-ring (bicyclic) bond motifs is 1. The second kappa shape index (κ2) is 9.30. The Labute approximate surface area is 181 Å². The number of hydrogen-bond acceptors (Lipinski definition) is 3. The van der Waals surface area contributed by atoms with Crippen molar-refractivity contribution in [1.82, 2.24) is 14.5 Å². The number of nitrogens with zero attached hydrogens (tertiary/aromatic N) is 3. The van der Waals surface area contributed by atoms with Crippen LogP contribution in [0.5, 0.6) is 0 Å². The molecule has 2 aromatic carbocycles. The third-order valence-electron chi connectivity index (χ3n) is 5.31. The second-order valence-electron chi connectivity index (χ2n) is 7.14. The van der Waals surface area contributed by atoms with Gasteiger partial charge in [0.15, 0.2) is 0 Å². The average Bonchev–Trinajstić information content (AvgIpc) is 2.73. The third-order valence-corrected chi connectivity index (χ3v) is 5.55. The zero-order chi connectivity index (χ0) is 21.8. The van der Waals surface area contributed by atoms with E-state index in [1.807, 2.05) is 52.0 Å². The van der Waals surface area contributed by atoms with Crippen molar-refractivity contribution >= 4 is 34.2 Å². The van der Waals surface area contributed by atoms with Crippen molar-refractivity contribution in [3.63, 3.8) is 0 Å². The molecular formula is C23H27ClN4O2. The average molecular weight is 427 g/mol. The lowest BCUT2D eigenvalue weighted by Crippen LogP contribution is -2.41. The first kappa shape index (κ1) is 21.8. The van der Waals surface area contributed by atoms with Crippen molar-refractivity contribution < 1.29 is 4.79 Å². The van der Waals surface area contributed by atoms with Crippen LogP contribution in [0.15, 0.2) is 47.3 Å². The molecule has 0 aliphatic rings. The zero-order valence-corrected chi connectivity index (χ0v) is 18.5. The number of carbonyl (C=O) groups excluding carboxylic acids is 1. The van der Waals surface area contributed by atoms with Gasteiger partial charge in [0.2, 0.25) is 0 Å². The number of carbonyl (C=O) groups is 1. The largest absolute Gasteiger partial charge is 0.322 e. The fraction of sp³-hybridized carbons (Fsp3) is 0.348. The van der Waals surface area contributed by atoms with E-state index in [9.17, 15) is 9.59 Å². The van der Waals surface area contributed by atoms with Crippen LogP contribution in [0.1, 0.15) is 44.6 Å². The monoisotopic (exact) mass is 426 g/mol. The van der Waals surface area contributed by atoms with Gasteiger partial charge < -0.3 is 10.2 Å². The summed E-state index contributed by atoms with van der Waals surface area (Å²) in [5, 5.41) is 4.04. The number of benzene rings is 2. The summed E-state index contributed by atoms with van der Waals surface area (Å²) in [4.78, 5) is 32.7. The van der Waals surface area contributed by atoms with Crippen LogP contribution < -0.4 is 10.9 Å². The summed E-state index contributed by atoms with van der Waals surface area (Å²) in [7, 11) is 0. The number of para-hydroxylation sites is 1. The molecule has 0 saturated heterocycles. The van der Waals surface area contributed by atoms with Crippen LogP contribution in [0.3, 0.4) is 0 Å². The molecule has 1 aromatic heterocycles. The molecule has 6 nitrogen and oxygen atoms in total. The minimum absolute atomic E-state index is 0.122. The van der Waals surface area contributed by atoms with Crippen LogP contribution in [0, 0.1) is 6.92 Å². The van der Waals surface area contributed by atoms with Gasteiger partial charge in [-0.3, -0.25) is 9.36 Å². The Morgan fingerprint density at radius 2 is 1.93 bits per heavy atom. The Hall–Kier alpha value is -2.86. The number of nitrogens with one attached hydrogen (secondary N) is 1. The molecule has 0 aliphatic carbocycles. The normalized spacial score (nSPS) is 12.0. The van der Waals surface area contributed by atoms with Gasteiger partial charge in [-0.2, -0.15) is 0 Å². The number of hydrogen-bond donors (Lipinski definition) is 1. The number of anilines is 1. The summed E-state index contributed by atoms with van der Waals surface area (Å²) in [6.07, 6.45) is 0.619. The lowest BCUT2D eigenvalue weighted by molar-refractivity contribution is 0.184. The van der Waals surface area contributed by atoms with E-state index in [1.54, 1.807) is 27.7 Å². The van der Waals surface area contributed by atoms with Gasteiger partial charge in [-0.05, 0) is 57.0 Å². The van der Waals surface area contributed by atoms with E-state index in [-0.39, 0.29) is 17.6 Å². The Bertz CT molecular complexity index is 1130. The fourth-order valence-corrected chi connectivity index (χ4v) is 3.89. The Morgan fingerprint density at radius 3 is 2.57 bits per heavy atom. The molecule has 3 rings (SSSR count). The number of amides is 2. The number of rotatable bonds is 6. The van der Waals surface area contributed by atoms with E-state index in [4.69, 9.17) is 16.6 Å². The number of aromatic nitrogens is 2. The first-order valence-electron chi connectivity index (χ1n) is 10.2. The van der Waals surface area contributed by atoms with Crippen LogP contribution in [0.25, 0.3) is 10.9 Å². The van der Waals surface area contributed by atoms with Gasteiger partial charge in [0.25, 0.3) is 5.56 Å². The molecule has 158 valence electrons. The highest BCUT2D eigenvalue weighted by atomic mass is 35.5. The zero-order valence-electron chi connectivity index (χ0n) is 17.8. The van der Waals surface area contributed by atoms with Crippen molar-refractivity contribution in [2.75, 3.05) is 11.9 Å². The summed E-state index contributed by atoms with van der Waals surface area (Å²) in [6, 6.07) is 12.2. The summed E-state index contributed by atoms with van der Waals surface area (Å²) in [5.74, 6) is 0.571. The second-order valence-corrected chi connectivity index (χ2v) is 7.57. The van der Waals surface area contributed by atoms with Crippen LogP contribution in [-0.2, 0) is 6.54 Å². The Balaban J connectivity index is 2.06. The number of aryl methyl sites for hydroxylation is 1. The molecule has 0 fully saturated rings. The van der Waals surface area contributed by atoms with E-state index in [2.05, 4.69) is 5.32 Å². The van der Waals surface area contributed by atoms with Crippen LogP contribution in [-0.4, -0.2) is 27.0 Å². The molecule has 3 aromatic rings. The third kappa shape index (κ3) is 4.19. The molecule has 1 atom stereocenters. The van der Waals surface area contributed by atoms with Gasteiger partial charge in [-0.1, -0.05) is 36.7 Å². The van der Waals surface area contributed by atoms with Gasteiger partial charge in [0.1, 0.15) is 5.82 Å². The molecule has 30 heavy (non-hydrogen) atoms. The van der Waals surface area contributed by atoms with E-state index in [0.29, 0.717) is 41.3 Å².